The zero-order valence-electron chi connectivity index (χ0n) is 23.0. The summed E-state index contributed by atoms with van der Waals surface area (Å²) >= 11 is 0. The number of aromatic nitrogens is 1. The molecule has 0 atom stereocenters. The molecule has 2 aromatic carbocycles. The van der Waals surface area contributed by atoms with Crippen molar-refractivity contribution in [2.75, 3.05) is 6.61 Å². The van der Waals surface area contributed by atoms with Gasteiger partial charge in [0.15, 0.2) is 5.84 Å². The molecule has 1 saturated carbocycles. The van der Waals surface area contributed by atoms with E-state index in [2.05, 4.69) is 15.7 Å². The Hall–Kier alpha value is -4.54. The van der Waals surface area contributed by atoms with Crippen LogP contribution in [0, 0.1) is 0 Å². The number of carbonyl (C=O) groups excluding carboxylic acids is 2. The third kappa shape index (κ3) is 6.29. The fourth-order valence-electron chi connectivity index (χ4n) is 4.76. The minimum atomic E-state index is -3.16. The number of hydrazine groups is 1. The van der Waals surface area contributed by atoms with Crippen molar-refractivity contribution in [2.45, 2.75) is 57.6 Å². The summed E-state index contributed by atoms with van der Waals surface area (Å²) in [6.07, 6.45) is -0.963. The van der Waals surface area contributed by atoms with Crippen molar-refractivity contribution < 1.29 is 27.8 Å². The lowest BCUT2D eigenvalue weighted by molar-refractivity contribution is -0.132. The highest BCUT2D eigenvalue weighted by Crippen LogP contribution is 2.43. The normalized spacial score (nSPS) is 15.5. The van der Waals surface area contributed by atoms with Gasteiger partial charge in [0.05, 0.1) is 11.2 Å². The highest BCUT2D eigenvalue weighted by atomic mass is 19.3. The van der Waals surface area contributed by atoms with E-state index < -0.39 is 29.6 Å². The van der Waals surface area contributed by atoms with Gasteiger partial charge < -0.3 is 14.8 Å². The smallest absolute Gasteiger partial charge is 0.408 e. The van der Waals surface area contributed by atoms with E-state index in [1.54, 1.807) is 0 Å². The molecule has 3 N–H and O–H groups in total. The Balaban J connectivity index is 1.45. The second-order valence-corrected chi connectivity index (χ2v) is 11.0. The lowest BCUT2D eigenvalue weighted by Crippen LogP contribution is -2.52. The Morgan fingerprint density at radius 1 is 1.02 bits per heavy atom. The first-order valence-corrected chi connectivity index (χ1v) is 13.3. The van der Waals surface area contributed by atoms with Gasteiger partial charge in [-0.25, -0.2) is 14.8 Å². The number of amidine groups is 1. The first-order chi connectivity index (χ1) is 19.5. The number of aliphatic imine (C=N–C) groups is 1. The average molecular weight is 564 g/mol. The van der Waals surface area contributed by atoms with Gasteiger partial charge >= 0.3 is 18.4 Å². The molecule has 0 spiro atoms. The minimum absolute atomic E-state index is 0.0918. The van der Waals surface area contributed by atoms with Gasteiger partial charge in [0.25, 0.3) is 0 Å². The Kier molecular flexibility index (Phi) is 7.61. The third-order valence-electron chi connectivity index (χ3n) is 6.84. The molecule has 1 aromatic heterocycles. The van der Waals surface area contributed by atoms with Crippen LogP contribution in [-0.4, -0.2) is 41.5 Å². The highest BCUT2D eigenvalue weighted by molar-refractivity contribution is 5.92. The Morgan fingerprint density at radius 2 is 1.73 bits per heavy atom. The molecule has 11 heteroatoms. The highest BCUT2D eigenvalue weighted by Gasteiger charge is 2.41. The summed E-state index contributed by atoms with van der Waals surface area (Å²) < 4.78 is 36.3. The fourth-order valence-corrected chi connectivity index (χ4v) is 4.76. The second kappa shape index (κ2) is 11.1. The van der Waals surface area contributed by atoms with Crippen LogP contribution in [0.4, 0.5) is 19.3 Å². The number of rotatable bonds is 5. The molecule has 5 rings (SSSR count). The van der Waals surface area contributed by atoms with Crippen molar-refractivity contribution in [3.63, 3.8) is 0 Å². The molecule has 0 bridgehead atoms. The van der Waals surface area contributed by atoms with Crippen LogP contribution in [-0.2, 0) is 15.1 Å². The van der Waals surface area contributed by atoms with E-state index in [-0.39, 0.29) is 18.3 Å². The van der Waals surface area contributed by atoms with Crippen LogP contribution in [0.5, 0.6) is 5.88 Å². The molecule has 0 saturated heterocycles. The zero-order chi connectivity index (χ0) is 29.2. The summed E-state index contributed by atoms with van der Waals surface area (Å²) in [7, 11) is 0. The van der Waals surface area contributed by atoms with E-state index in [9.17, 15) is 18.4 Å². The van der Waals surface area contributed by atoms with E-state index in [0.717, 1.165) is 41.5 Å². The molecule has 1 aliphatic heterocycles. The van der Waals surface area contributed by atoms with Crippen LogP contribution in [0.1, 0.15) is 45.6 Å². The number of carbonyl (C=O) groups is 2. The Labute approximate surface area is 236 Å². The summed E-state index contributed by atoms with van der Waals surface area (Å²) in [6.45, 7) is 5.42. The van der Waals surface area contributed by atoms with Gasteiger partial charge in [0.1, 0.15) is 17.9 Å². The number of hydrogen-bond donors (Lipinski definition) is 3. The maximum atomic E-state index is 12.6. The molecule has 9 nitrogen and oxygen atoms in total. The SMILES string of the molecule is CC(C)(C)OC(=O)NC1(c2ccc(-c3nc4c(cc3-c3ccccc3)N=C(NNC(=O)C(F)F)CO4)cc2)CCC1. The van der Waals surface area contributed by atoms with E-state index in [1.165, 1.54) is 0 Å². The molecule has 2 heterocycles. The molecule has 0 unspecified atom stereocenters. The number of amides is 2. The number of pyridine rings is 1. The fraction of sp³-hybridized carbons (Fsp3) is 0.333. The van der Waals surface area contributed by atoms with Crippen LogP contribution >= 0.6 is 0 Å². The third-order valence-corrected chi connectivity index (χ3v) is 6.84. The van der Waals surface area contributed by atoms with Crippen LogP contribution in [0.15, 0.2) is 65.7 Å². The molecule has 41 heavy (non-hydrogen) atoms. The lowest BCUT2D eigenvalue weighted by atomic mass is 9.71. The van der Waals surface area contributed by atoms with Crippen molar-refractivity contribution in [3.05, 3.63) is 66.2 Å². The van der Waals surface area contributed by atoms with E-state index >= 15 is 0 Å². The molecule has 1 fully saturated rings. The number of ether oxygens (including phenoxy) is 2. The Bertz CT molecular complexity index is 1470. The number of halogens is 2. The number of benzene rings is 2. The first-order valence-electron chi connectivity index (χ1n) is 13.3. The number of alkyl carbamates (subject to hydrolysis) is 1. The van der Waals surface area contributed by atoms with Crippen molar-refractivity contribution >= 4 is 23.5 Å². The van der Waals surface area contributed by atoms with Crippen LogP contribution in [0.3, 0.4) is 0 Å². The molecule has 3 aromatic rings. The number of nitrogens with zero attached hydrogens (tertiary/aromatic N) is 2. The van der Waals surface area contributed by atoms with E-state index in [0.29, 0.717) is 11.4 Å². The van der Waals surface area contributed by atoms with E-state index in [4.69, 9.17) is 14.5 Å². The quantitative estimate of drug-likeness (QED) is 0.347. The average Bonchev–Trinajstić information content (AvgIpc) is 2.92. The van der Waals surface area contributed by atoms with Crippen LogP contribution in [0.25, 0.3) is 22.4 Å². The predicted octanol–water partition coefficient (Wildman–Crippen LogP) is 5.63. The topological polar surface area (TPSA) is 114 Å². The summed E-state index contributed by atoms with van der Waals surface area (Å²) in [5.41, 5.74) is 7.79. The summed E-state index contributed by atoms with van der Waals surface area (Å²) in [5.74, 6) is -1.03. The van der Waals surface area contributed by atoms with Gasteiger partial charge in [0, 0.05) is 11.1 Å². The Morgan fingerprint density at radius 3 is 2.34 bits per heavy atom. The summed E-state index contributed by atoms with van der Waals surface area (Å²) in [6, 6.07) is 19.4. The second-order valence-electron chi connectivity index (χ2n) is 11.0. The molecule has 1 aliphatic carbocycles. The molecule has 214 valence electrons. The van der Waals surface area contributed by atoms with Crippen molar-refractivity contribution in [3.8, 4) is 28.3 Å². The number of alkyl halides is 2. The van der Waals surface area contributed by atoms with Crippen molar-refractivity contribution in [1.29, 1.82) is 0 Å². The maximum absolute atomic E-state index is 12.6. The van der Waals surface area contributed by atoms with Gasteiger partial charge in [-0.2, -0.15) is 8.78 Å². The maximum Gasteiger partial charge on any atom is 0.408 e. The summed E-state index contributed by atoms with van der Waals surface area (Å²) in [5, 5.41) is 3.08. The monoisotopic (exact) mass is 563 g/mol. The standard InChI is InChI=1S/C30H31F2N5O4/c1-29(2,3)41-28(39)35-30(14-7-15-30)20-12-10-19(11-13-20)24-21(18-8-5-4-6-9-18)16-22-27(34-24)40-17-23(33-22)36-37-26(38)25(31)32/h4-6,8-13,16,25H,7,14-15,17H2,1-3H3,(H,33,36)(H,35,39)(H,37,38). The molecular formula is C30H31F2N5O4. The largest absolute Gasteiger partial charge is 0.468 e. The molecule has 2 amide bonds. The van der Waals surface area contributed by atoms with Gasteiger partial charge in [-0.05, 0) is 57.2 Å². The van der Waals surface area contributed by atoms with Crippen LogP contribution < -0.4 is 20.9 Å². The zero-order valence-corrected chi connectivity index (χ0v) is 23.0. The van der Waals surface area contributed by atoms with E-state index in [1.807, 2.05) is 86.9 Å². The van der Waals surface area contributed by atoms with Gasteiger partial charge in [-0.3, -0.25) is 15.6 Å². The van der Waals surface area contributed by atoms with Gasteiger partial charge in [-0.1, -0.05) is 54.6 Å². The minimum Gasteiger partial charge on any atom is -0.468 e. The van der Waals surface area contributed by atoms with Crippen LogP contribution in [0.2, 0.25) is 0 Å². The number of nitrogens with one attached hydrogen (secondary N) is 3. The lowest BCUT2D eigenvalue weighted by Gasteiger charge is -2.43. The van der Waals surface area contributed by atoms with Crippen molar-refractivity contribution in [2.24, 2.45) is 4.99 Å². The first kappa shape index (κ1) is 28.0. The molecule has 2 aliphatic rings. The number of fused-ring (bicyclic) bond motifs is 1. The molecule has 0 radical (unpaired) electrons. The van der Waals surface area contributed by atoms with Gasteiger partial charge in [0.2, 0.25) is 5.88 Å². The van der Waals surface area contributed by atoms with Gasteiger partial charge in [-0.15, -0.1) is 0 Å². The van der Waals surface area contributed by atoms with Crippen molar-refractivity contribution in [1.82, 2.24) is 21.2 Å². The predicted molar refractivity (Wildman–Crippen MR) is 150 cm³/mol. The summed E-state index contributed by atoms with van der Waals surface area (Å²) in [4.78, 5) is 33.0. The molecular weight excluding hydrogens is 532 g/mol. The number of hydrogen-bond acceptors (Lipinski definition) is 7.